The number of nitrogens with zero attached hydrogens (tertiary/aromatic N) is 1. The monoisotopic (exact) mass is 312 g/mol. The third-order valence-electron chi connectivity index (χ3n) is 2.99. The number of benzene rings is 1. The van der Waals surface area contributed by atoms with Gasteiger partial charge in [0.25, 0.3) is 0 Å². The van der Waals surface area contributed by atoms with Gasteiger partial charge >= 0.3 is 5.97 Å². The van der Waals surface area contributed by atoms with Gasteiger partial charge in [0.1, 0.15) is 0 Å². The van der Waals surface area contributed by atoms with E-state index in [1.165, 1.54) is 0 Å². The van der Waals surface area contributed by atoms with E-state index in [1.54, 1.807) is 31.2 Å². The molecule has 0 heterocycles. The number of oxime groups is 1. The van der Waals surface area contributed by atoms with Crippen molar-refractivity contribution in [1.82, 2.24) is 5.32 Å². The molecule has 1 rings (SSSR count). The first kappa shape index (κ1) is 17.0. The summed E-state index contributed by atoms with van der Waals surface area (Å²) in [6.45, 7) is 1.75. The van der Waals surface area contributed by atoms with Crippen LogP contribution in [0.4, 0.5) is 0 Å². The fraction of sp³-hybridized carbons (Fsp3) is 0.357. The molecule has 0 saturated carbocycles. The number of halogens is 1. The molecule has 1 aromatic carbocycles. The van der Waals surface area contributed by atoms with E-state index in [2.05, 4.69) is 10.5 Å². The standard InChI is InChI=1S/C14H17ClN2O4/c1-9(7-17-21)14(20)16-8-11(6-13(18)19)10-2-4-12(15)5-3-10/h2-5,7,9,11,21H,6,8H2,1H3,(H,16,20)(H,18,19)/b17-7+. The number of aliphatic carboxylic acids is 1. The van der Waals surface area contributed by atoms with Gasteiger partial charge in [0.05, 0.1) is 18.6 Å². The van der Waals surface area contributed by atoms with Crippen LogP contribution < -0.4 is 5.32 Å². The molecule has 0 aromatic heterocycles. The van der Waals surface area contributed by atoms with Crippen molar-refractivity contribution in [3.63, 3.8) is 0 Å². The summed E-state index contributed by atoms with van der Waals surface area (Å²) in [5.74, 6) is -2.24. The van der Waals surface area contributed by atoms with Crippen molar-refractivity contribution in [2.45, 2.75) is 19.3 Å². The number of hydrogen-bond donors (Lipinski definition) is 3. The van der Waals surface area contributed by atoms with Crippen LogP contribution in [0.2, 0.25) is 5.02 Å². The lowest BCUT2D eigenvalue weighted by atomic mass is 9.95. The Morgan fingerprint density at radius 2 is 2.00 bits per heavy atom. The Morgan fingerprint density at radius 3 is 2.52 bits per heavy atom. The van der Waals surface area contributed by atoms with Gasteiger partial charge in [0.2, 0.25) is 5.91 Å². The molecule has 7 heteroatoms. The Kier molecular flexibility index (Phi) is 6.68. The van der Waals surface area contributed by atoms with Crippen LogP contribution in [0.5, 0.6) is 0 Å². The van der Waals surface area contributed by atoms with E-state index in [-0.39, 0.29) is 24.8 Å². The highest BCUT2D eigenvalue weighted by molar-refractivity contribution is 6.30. The minimum absolute atomic E-state index is 0.107. The number of nitrogens with one attached hydrogen (secondary N) is 1. The van der Waals surface area contributed by atoms with Gasteiger partial charge in [-0.25, -0.2) is 0 Å². The molecule has 0 saturated heterocycles. The van der Waals surface area contributed by atoms with E-state index in [4.69, 9.17) is 21.9 Å². The van der Waals surface area contributed by atoms with Gasteiger partial charge in [-0.2, -0.15) is 0 Å². The summed E-state index contributed by atoms with van der Waals surface area (Å²) in [6, 6.07) is 6.82. The Labute approximate surface area is 127 Å². The van der Waals surface area contributed by atoms with Crippen LogP contribution >= 0.6 is 11.6 Å². The molecule has 114 valence electrons. The zero-order valence-electron chi connectivity index (χ0n) is 11.5. The van der Waals surface area contributed by atoms with E-state index in [0.717, 1.165) is 11.8 Å². The zero-order chi connectivity index (χ0) is 15.8. The number of amides is 1. The van der Waals surface area contributed by atoms with Crippen molar-refractivity contribution in [2.24, 2.45) is 11.1 Å². The van der Waals surface area contributed by atoms with Gasteiger partial charge < -0.3 is 15.6 Å². The number of carboxylic acids is 1. The number of hydrogen-bond acceptors (Lipinski definition) is 4. The fourth-order valence-electron chi connectivity index (χ4n) is 1.81. The molecular weight excluding hydrogens is 296 g/mol. The van der Waals surface area contributed by atoms with Crippen LogP contribution in [0.3, 0.4) is 0 Å². The summed E-state index contributed by atoms with van der Waals surface area (Å²) in [4.78, 5) is 22.7. The van der Waals surface area contributed by atoms with Crippen LogP contribution in [0.15, 0.2) is 29.4 Å². The van der Waals surface area contributed by atoms with Gasteiger partial charge in [0, 0.05) is 17.5 Å². The fourth-order valence-corrected chi connectivity index (χ4v) is 1.93. The number of rotatable bonds is 7. The van der Waals surface area contributed by atoms with Crippen LogP contribution in [-0.4, -0.2) is 34.9 Å². The first-order valence-electron chi connectivity index (χ1n) is 6.36. The molecule has 1 aromatic rings. The van der Waals surface area contributed by atoms with E-state index >= 15 is 0 Å². The van der Waals surface area contributed by atoms with Gasteiger partial charge in [-0.1, -0.05) is 23.7 Å². The van der Waals surface area contributed by atoms with Gasteiger partial charge in [-0.3, -0.25) is 9.59 Å². The Balaban J connectivity index is 2.73. The molecule has 3 N–H and O–H groups in total. The van der Waals surface area contributed by atoms with Crippen LogP contribution in [-0.2, 0) is 9.59 Å². The third-order valence-corrected chi connectivity index (χ3v) is 3.24. The van der Waals surface area contributed by atoms with Crippen molar-refractivity contribution in [2.75, 3.05) is 6.54 Å². The summed E-state index contributed by atoms with van der Waals surface area (Å²) < 4.78 is 0. The summed E-state index contributed by atoms with van der Waals surface area (Å²) in [5.41, 5.74) is 0.783. The Bertz CT molecular complexity index is 516. The summed E-state index contributed by atoms with van der Waals surface area (Å²) in [5, 5.41) is 23.4. The molecule has 0 aliphatic rings. The van der Waals surface area contributed by atoms with Gasteiger partial charge in [0.15, 0.2) is 0 Å². The smallest absolute Gasteiger partial charge is 0.304 e. The average molecular weight is 313 g/mol. The molecule has 1 amide bonds. The number of carbonyl (C=O) groups is 2. The highest BCUT2D eigenvalue weighted by atomic mass is 35.5. The Hall–Kier alpha value is -2.08. The summed E-state index contributed by atoms with van der Waals surface area (Å²) >= 11 is 5.80. The number of carboxylic acid groups (broad SMARTS) is 1. The quantitative estimate of drug-likeness (QED) is 0.408. The van der Waals surface area contributed by atoms with Crippen molar-refractivity contribution in [3.05, 3.63) is 34.9 Å². The predicted octanol–water partition coefficient (Wildman–Crippen LogP) is 2.11. The largest absolute Gasteiger partial charge is 0.481 e. The van der Waals surface area contributed by atoms with Crippen LogP contribution in [0, 0.1) is 5.92 Å². The van der Waals surface area contributed by atoms with Crippen molar-refractivity contribution in [1.29, 1.82) is 0 Å². The Morgan fingerprint density at radius 1 is 1.38 bits per heavy atom. The lowest BCUT2D eigenvalue weighted by Gasteiger charge is -2.17. The minimum Gasteiger partial charge on any atom is -0.481 e. The summed E-state index contributed by atoms with van der Waals surface area (Å²) in [7, 11) is 0. The second-order valence-corrected chi connectivity index (χ2v) is 5.08. The van der Waals surface area contributed by atoms with Crippen LogP contribution in [0.25, 0.3) is 0 Å². The van der Waals surface area contributed by atoms with E-state index in [9.17, 15) is 9.59 Å². The van der Waals surface area contributed by atoms with E-state index in [1.807, 2.05) is 0 Å². The normalized spacial score (nSPS) is 13.8. The maximum absolute atomic E-state index is 11.7. The zero-order valence-corrected chi connectivity index (χ0v) is 12.2. The third kappa shape index (κ3) is 5.83. The van der Waals surface area contributed by atoms with Gasteiger partial charge in [-0.15, -0.1) is 5.16 Å². The van der Waals surface area contributed by atoms with Crippen molar-refractivity contribution in [3.8, 4) is 0 Å². The first-order chi connectivity index (χ1) is 9.93. The molecule has 6 nitrogen and oxygen atoms in total. The predicted molar refractivity (Wildman–Crippen MR) is 78.9 cm³/mol. The second kappa shape index (κ2) is 8.26. The van der Waals surface area contributed by atoms with Crippen LogP contribution in [0.1, 0.15) is 24.8 Å². The molecule has 21 heavy (non-hydrogen) atoms. The molecule has 0 fully saturated rings. The topological polar surface area (TPSA) is 99.0 Å². The molecular formula is C14H17ClN2O4. The second-order valence-electron chi connectivity index (χ2n) is 4.64. The maximum Gasteiger partial charge on any atom is 0.304 e. The number of carbonyl (C=O) groups excluding carboxylic acids is 1. The highest BCUT2D eigenvalue weighted by Gasteiger charge is 2.18. The lowest BCUT2D eigenvalue weighted by Crippen LogP contribution is -2.34. The molecule has 0 bridgehead atoms. The molecule has 0 aliphatic carbocycles. The van der Waals surface area contributed by atoms with Gasteiger partial charge in [-0.05, 0) is 24.6 Å². The molecule has 0 spiro atoms. The SMILES string of the molecule is CC(/C=N/O)C(=O)NCC(CC(=O)O)c1ccc(Cl)cc1. The van der Waals surface area contributed by atoms with Crippen molar-refractivity contribution < 1.29 is 19.9 Å². The molecule has 2 atom stereocenters. The molecule has 0 radical (unpaired) electrons. The molecule has 0 aliphatic heterocycles. The minimum atomic E-state index is -0.950. The van der Waals surface area contributed by atoms with E-state index in [0.29, 0.717) is 5.02 Å². The van der Waals surface area contributed by atoms with E-state index < -0.39 is 11.9 Å². The van der Waals surface area contributed by atoms with Crippen molar-refractivity contribution >= 4 is 29.7 Å². The average Bonchev–Trinajstić information content (AvgIpc) is 2.44. The lowest BCUT2D eigenvalue weighted by molar-refractivity contribution is -0.137. The first-order valence-corrected chi connectivity index (χ1v) is 6.74. The molecule has 2 unspecified atom stereocenters. The maximum atomic E-state index is 11.7. The summed E-state index contributed by atoms with van der Waals surface area (Å²) in [6.07, 6.45) is 0.994. The highest BCUT2D eigenvalue weighted by Crippen LogP contribution is 2.21.